The fraction of sp³-hybridized carbons (Fsp3) is 0.120. The van der Waals surface area contributed by atoms with Gasteiger partial charge in [-0.3, -0.25) is 9.89 Å². The Hall–Kier alpha value is -4.86. The number of likely N-dealkylation sites (N-methyl/N-ethyl adjacent to an activating group) is 1. The number of nitrogens with zero attached hydrogens (tertiary/aromatic N) is 6. The van der Waals surface area contributed by atoms with E-state index in [0.29, 0.717) is 23.0 Å². The largest absolute Gasteiger partial charge is 0.374 e. The number of anilines is 3. The topological polar surface area (TPSA) is 125 Å². The molecule has 1 amide bonds. The highest BCUT2D eigenvalue weighted by Gasteiger charge is 2.31. The van der Waals surface area contributed by atoms with Crippen molar-refractivity contribution in [2.45, 2.75) is 6.04 Å². The van der Waals surface area contributed by atoms with Gasteiger partial charge in [-0.15, -0.1) is 0 Å². The van der Waals surface area contributed by atoms with Gasteiger partial charge in [0.25, 0.3) is 5.91 Å². The molecule has 35 heavy (non-hydrogen) atoms. The molecule has 1 aromatic carbocycles. The number of rotatable bonds is 5. The Labute approximate surface area is 200 Å². The number of hydrogen-bond acceptors (Lipinski definition) is 8. The first-order valence-corrected chi connectivity index (χ1v) is 11.1. The van der Waals surface area contributed by atoms with Crippen LogP contribution >= 0.6 is 0 Å². The molecule has 0 radical (unpaired) electrons. The highest BCUT2D eigenvalue weighted by Crippen LogP contribution is 2.30. The van der Waals surface area contributed by atoms with E-state index in [-0.39, 0.29) is 17.9 Å². The molecule has 1 aliphatic carbocycles. The van der Waals surface area contributed by atoms with E-state index in [4.69, 9.17) is 4.98 Å². The van der Waals surface area contributed by atoms with E-state index in [1.54, 1.807) is 42.8 Å². The zero-order valence-corrected chi connectivity index (χ0v) is 18.8. The van der Waals surface area contributed by atoms with Crippen molar-refractivity contribution in [3.05, 3.63) is 90.9 Å². The summed E-state index contributed by atoms with van der Waals surface area (Å²) in [4.78, 5) is 23.7. The second-order valence-electron chi connectivity index (χ2n) is 8.34. The quantitative estimate of drug-likeness (QED) is 0.413. The fourth-order valence-electron chi connectivity index (χ4n) is 4.21. The minimum absolute atomic E-state index is 0.0540. The number of aromatic nitrogens is 6. The monoisotopic (exact) mass is 463 g/mol. The van der Waals surface area contributed by atoms with Crippen LogP contribution < -0.4 is 15.5 Å². The smallest absolute Gasteiger partial charge is 0.273 e. The average molecular weight is 464 g/mol. The van der Waals surface area contributed by atoms with Gasteiger partial charge in [0.15, 0.2) is 5.82 Å². The maximum Gasteiger partial charge on any atom is 0.273 e. The molecule has 0 fully saturated rings. The fourth-order valence-corrected chi connectivity index (χ4v) is 4.21. The number of amides is 1. The summed E-state index contributed by atoms with van der Waals surface area (Å²) in [5.41, 5.74) is 4.01. The van der Waals surface area contributed by atoms with Crippen LogP contribution in [0.15, 0.2) is 85.1 Å². The number of hydrogen-bond donors (Lipinski definition) is 3. The van der Waals surface area contributed by atoms with Crippen LogP contribution in [0.2, 0.25) is 0 Å². The third-order valence-corrected chi connectivity index (χ3v) is 6.07. The average Bonchev–Trinajstić information content (AvgIpc) is 3.55. The van der Waals surface area contributed by atoms with Crippen molar-refractivity contribution >= 4 is 39.6 Å². The lowest BCUT2D eigenvalue weighted by Gasteiger charge is -2.21. The minimum atomic E-state index is -0.132. The maximum atomic E-state index is 13.0. The predicted molar refractivity (Wildman–Crippen MR) is 132 cm³/mol. The van der Waals surface area contributed by atoms with Gasteiger partial charge in [-0.2, -0.15) is 15.3 Å². The van der Waals surface area contributed by atoms with Crippen LogP contribution in [-0.2, 0) is 4.79 Å². The Morgan fingerprint density at radius 3 is 2.91 bits per heavy atom. The molecule has 2 unspecified atom stereocenters. The molecule has 4 aromatic rings. The molecule has 1 aliphatic heterocycles. The van der Waals surface area contributed by atoms with Gasteiger partial charge < -0.3 is 15.5 Å². The van der Waals surface area contributed by atoms with Gasteiger partial charge in [-0.1, -0.05) is 18.2 Å². The minimum Gasteiger partial charge on any atom is -0.374 e. The molecule has 10 nitrogen and oxygen atoms in total. The number of carbonyl (C=O) groups is 1. The van der Waals surface area contributed by atoms with E-state index in [2.05, 4.69) is 48.2 Å². The molecule has 2 aliphatic rings. The van der Waals surface area contributed by atoms with Crippen molar-refractivity contribution in [2.75, 3.05) is 17.3 Å². The van der Waals surface area contributed by atoms with Gasteiger partial charge in [-0.05, 0) is 36.4 Å². The summed E-state index contributed by atoms with van der Waals surface area (Å²) in [6.45, 7) is 0. The molecule has 10 heteroatoms. The SMILES string of the molecule is CN(C(=O)C1=CC2C=CC(c3nccc(Nc4ccc5[nH]ncc5c4)n3)=CC2N1)c1ccnnc1. The van der Waals surface area contributed by atoms with Crippen molar-refractivity contribution < 1.29 is 4.79 Å². The number of aromatic amines is 1. The summed E-state index contributed by atoms with van der Waals surface area (Å²) in [7, 11) is 1.72. The van der Waals surface area contributed by atoms with E-state index in [1.165, 1.54) is 0 Å². The maximum absolute atomic E-state index is 13.0. The van der Waals surface area contributed by atoms with Gasteiger partial charge in [0.1, 0.15) is 5.82 Å². The van der Waals surface area contributed by atoms with E-state index in [9.17, 15) is 4.79 Å². The molecule has 3 N–H and O–H groups in total. The summed E-state index contributed by atoms with van der Waals surface area (Å²) in [6.07, 6.45) is 14.7. The van der Waals surface area contributed by atoms with Crippen molar-refractivity contribution in [1.29, 1.82) is 0 Å². The Bertz CT molecular complexity index is 1510. The highest BCUT2D eigenvalue weighted by molar-refractivity contribution is 6.05. The van der Waals surface area contributed by atoms with Crippen LogP contribution in [-0.4, -0.2) is 49.4 Å². The highest BCUT2D eigenvalue weighted by atomic mass is 16.2. The summed E-state index contributed by atoms with van der Waals surface area (Å²) in [5, 5.41) is 22.3. The van der Waals surface area contributed by atoms with Crippen LogP contribution in [0, 0.1) is 5.92 Å². The van der Waals surface area contributed by atoms with Crippen LogP contribution in [0.1, 0.15) is 5.82 Å². The van der Waals surface area contributed by atoms with E-state index < -0.39 is 0 Å². The van der Waals surface area contributed by atoms with Crippen LogP contribution in [0.25, 0.3) is 16.5 Å². The zero-order chi connectivity index (χ0) is 23.8. The third-order valence-electron chi connectivity index (χ3n) is 6.07. The number of carbonyl (C=O) groups excluding carboxylic acids is 1. The molecule has 3 aromatic heterocycles. The lowest BCUT2D eigenvalue weighted by atomic mass is 9.93. The van der Waals surface area contributed by atoms with Gasteiger partial charge in [0.2, 0.25) is 0 Å². The molecule has 0 saturated carbocycles. The van der Waals surface area contributed by atoms with Gasteiger partial charge in [0.05, 0.1) is 41.5 Å². The standard InChI is InChI=1S/C25H21N9O/c1-34(19-6-9-27-28-14-19)25(35)22-11-15-2-3-16(12-21(15)31-22)24-26-8-7-23(32-24)30-18-4-5-20-17(10-18)13-29-33-20/h2-15,21,31H,1H3,(H,29,33)(H,26,30,32). The molecule has 172 valence electrons. The second-order valence-corrected chi connectivity index (χ2v) is 8.34. The molecule has 0 spiro atoms. The second kappa shape index (κ2) is 8.49. The Balaban J connectivity index is 1.18. The Kier molecular flexibility index (Phi) is 5.03. The molecule has 0 bridgehead atoms. The molecule has 2 atom stereocenters. The number of allylic oxidation sites excluding steroid dienone is 2. The molecule has 6 rings (SSSR count). The Morgan fingerprint density at radius 2 is 2.03 bits per heavy atom. The van der Waals surface area contributed by atoms with Crippen LogP contribution in [0.5, 0.6) is 0 Å². The number of benzene rings is 1. The van der Waals surface area contributed by atoms with Crippen molar-refractivity contribution in [1.82, 2.24) is 35.7 Å². The lowest BCUT2D eigenvalue weighted by molar-refractivity contribution is -0.115. The van der Waals surface area contributed by atoms with Crippen LogP contribution in [0.4, 0.5) is 17.2 Å². The van der Waals surface area contributed by atoms with Crippen molar-refractivity contribution in [2.24, 2.45) is 5.92 Å². The van der Waals surface area contributed by atoms with Crippen LogP contribution in [0.3, 0.4) is 0 Å². The van der Waals surface area contributed by atoms with Gasteiger partial charge >= 0.3 is 0 Å². The number of nitrogens with one attached hydrogen (secondary N) is 3. The summed E-state index contributed by atoms with van der Waals surface area (Å²) in [6, 6.07) is 9.47. The van der Waals surface area contributed by atoms with Gasteiger partial charge in [-0.25, -0.2) is 9.97 Å². The number of H-pyrrole nitrogens is 1. The van der Waals surface area contributed by atoms with Crippen molar-refractivity contribution in [3.8, 4) is 0 Å². The lowest BCUT2D eigenvalue weighted by Crippen LogP contribution is -2.35. The van der Waals surface area contributed by atoms with Gasteiger partial charge in [0, 0.05) is 35.8 Å². The molecular weight excluding hydrogens is 442 g/mol. The Morgan fingerprint density at radius 1 is 1.09 bits per heavy atom. The third kappa shape index (κ3) is 4.01. The van der Waals surface area contributed by atoms with E-state index in [1.807, 2.05) is 36.4 Å². The van der Waals surface area contributed by atoms with E-state index >= 15 is 0 Å². The first-order valence-electron chi connectivity index (χ1n) is 11.1. The molecular formula is C25H21N9O. The number of fused-ring (bicyclic) bond motifs is 2. The first kappa shape index (κ1) is 20.7. The molecule has 4 heterocycles. The molecule has 0 saturated heterocycles. The van der Waals surface area contributed by atoms with Crippen molar-refractivity contribution in [3.63, 3.8) is 0 Å². The van der Waals surface area contributed by atoms with E-state index in [0.717, 1.165) is 22.2 Å². The summed E-state index contributed by atoms with van der Waals surface area (Å²) in [5.74, 6) is 1.24. The first-order chi connectivity index (χ1) is 17.1. The normalized spacial score (nSPS) is 18.4. The summed E-state index contributed by atoms with van der Waals surface area (Å²) < 4.78 is 0. The zero-order valence-electron chi connectivity index (χ0n) is 18.8. The predicted octanol–water partition coefficient (Wildman–Crippen LogP) is 2.97. The summed E-state index contributed by atoms with van der Waals surface area (Å²) >= 11 is 0.